The molecule has 0 aliphatic heterocycles. The lowest BCUT2D eigenvalue weighted by atomic mass is 9.79. The average Bonchev–Trinajstić information content (AvgIpc) is 2.50. The van der Waals surface area contributed by atoms with Crippen LogP contribution in [0.4, 0.5) is 0 Å². The molecule has 1 aliphatic carbocycles. The predicted molar refractivity (Wildman–Crippen MR) is 75.6 cm³/mol. The number of Topliss-reactive ketones (excluding diaryl/α,β-unsaturated/α-hetero) is 1. The van der Waals surface area contributed by atoms with Crippen molar-refractivity contribution < 1.29 is 19.0 Å². The van der Waals surface area contributed by atoms with Gasteiger partial charge in [0.25, 0.3) is 0 Å². The maximum Gasteiger partial charge on any atom is 0.162 e. The Morgan fingerprint density at radius 1 is 1.05 bits per heavy atom. The van der Waals surface area contributed by atoms with Gasteiger partial charge in [0.05, 0.1) is 14.2 Å². The highest BCUT2D eigenvalue weighted by molar-refractivity contribution is 5.96. The summed E-state index contributed by atoms with van der Waals surface area (Å²) in [6, 6.07) is 7.67. The van der Waals surface area contributed by atoms with Crippen molar-refractivity contribution in [2.45, 2.75) is 25.4 Å². The molecule has 0 bridgehead atoms. The number of hydrogen-bond donors (Lipinski definition) is 0. The molecule has 0 saturated heterocycles. The molecular formula is C16H20O4. The number of benzene rings is 1. The van der Waals surface area contributed by atoms with Gasteiger partial charge in [0, 0.05) is 19.1 Å². The van der Waals surface area contributed by atoms with Crippen LogP contribution in [0.15, 0.2) is 35.6 Å². The third kappa shape index (κ3) is 2.20. The van der Waals surface area contributed by atoms with Crippen molar-refractivity contribution in [3.8, 4) is 5.75 Å². The van der Waals surface area contributed by atoms with E-state index in [2.05, 4.69) is 0 Å². The Bertz CT molecular complexity index is 530. The summed E-state index contributed by atoms with van der Waals surface area (Å²) in [5.74, 6) is 1.50. The Kier molecular flexibility index (Phi) is 4.14. The van der Waals surface area contributed by atoms with Gasteiger partial charge in [0.2, 0.25) is 0 Å². The summed E-state index contributed by atoms with van der Waals surface area (Å²) >= 11 is 0. The molecule has 0 aromatic heterocycles. The third-order valence-corrected chi connectivity index (χ3v) is 3.94. The molecule has 0 radical (unpaired) electrons. The molecule has 4 nitrogen and oxygen atoms in total. The van der Waals surface area contributed by atoms with Crippen molar-refractivity contribution in [2.75, 3.05) is 21.3 Å². The molecule has 1 unspecified atom stereocenters. The zero-order valence-electron chi connectivity index (χ0n) is 12.4. The van der Waals surface area contributed by atoms with Gasteiger partial charge in [-0.1, -0.05) is 12.1 Å². The van der Waals surface area contributed by atoms with Crippen molar-refractivity contribution in [2.24, 2.45) is 0 Å². The van der Waals surface area contributed by atoms with E-state index < -0.39 is 5.60 Å². The number of ketones is 1. The predicted octanol–water partition coefficient (Wildman–Crippen LogP) is 2.82. The Morgan fingerprint density at radius 2 is 1.70 bits per heavy atom. The van der Waals surface area contributed by atoms with Crippen molar-refractivity contribution in [3.05, 3.63) is 41.2 Å². The van der Waals surface area contributed by atoms with E-state index in [0.717, 1.165) is 11.3 Å². The van der Waals surface area contributed by atoms with Crippen molar-refractivity contribution in [1.29, 1.82) is 0 Å². The first-order chi connectivity index (χ1) is 9.58. The molecule has 0 N–H and O–H groups in total. The molecule has 4 heteroatoms. The van der Waals surface area contributed by atoms with E-state index in [1.807, 2.05) is 24.3 Å². The average molecular weight is 276 g/mol. The van der Waals surface area contributed by atoms with Gasteiger partial charge in [-0.15, -0.1) is 0 Å². The van der Waals surface area contributed by atoms with E-state index in [1.165, 1.54) is 0 Å². The lowest BCUT2D eigenvalue weighted by Crippen LogP contribution is -2.37. The van der Waals surface area contributed by atoms with Crippen LogP contribution < -0.4 is 4.74 Å². The fourth-order valence-electron chi connectivity index (χ4n) is 2.79. The van der Waals surface area contributed by atoms with Gasteiger partial charge < -0.3 is 14.2 Å². The molecule has 1 atom stereocenters. The second-order valence-corrected chi connectivity index (χ2v) is 4.84. The van der Waals surface area contributed by atoms with E-state index in [0.29, 0.717) is 24.2 Å². The SMILES string of the molecule is COC1=C(C)C(=O)CCC1(OC)c1ccc(OC)cc1. The van der Waals surface area contributed by atoms with E-state index in [1.54, 1.807) is 28.3 Å². The summed E-state index contributed by atoms with van der Waals surface area (Å²) in [6.07, 6.45) is 1.04. The topological polar surface area (TPSA) is 44.8 Å². The molecule has 1 aromatic carbocycles. The number of methoxy groups -OCH3 is 3. The molecule has 1 aliphatic rings. The zero-order chi connectivity index (χ0) is 14.8. The Morgan fingerprint density at radius 3 is 2.20 bits per heavy atom. The largest absolute Gasteiger partial charge is 0.497 e. The van der Waals surface area contributed by atoms with Crippen LogP contribution in [0.5, 0.6) is 5.75 Å². The smallest absolute Gasteiger partial charge is 0.162 e. The maximum absolute atomic E-state index is 11.9. The summed E-state index contributed by atoms with van der Waals surface area (Å²) in [7, 11) is 4.85. The van der Waals surface area contributed by atoms with Crippen molar-refractivity contribution in [1.82, 2.24) is 0 Å². The van der Waals surface area contributed by atoms with Crippen LogP contribution in [0, 0.1) is 0 Å². The van der Waals surface area contributed by atoms with Crippen LogP contribution in [-0.2, 0) is 19.9 Å². The monoisotopic (exact) mass is 276 g/mol. The Labute approximate surface area is 119 Å². The highest BCUT2D eigenvalue weighted by atomic mass is 16.5. The Hall–Kier alpha value is -1.81. The summed E-state index contributed by atoms with van der Waals surface area (Å²) in [4.78, 5) is 11.9. The number of ether oxygens (including phenoxy) is 3. The second kappa shape index (κ2) is 5.67. The molecule has 0 spiro atoms. The van der Waals surface area contributed by atoms with Crippen molar-refractivity contribution in [3.63, 3.8) is 0 Å². The molecular weight excluding hydrogens is 256 g/mol. The summed E-state index contributed by atoms with van der Waals surface area (Å²) in [5.41, 5.74) is 0.903. The first-order valence-corrected chi connectivity index (χ1v) is 6.57. The van der Waals surface area contributed by atoms with Crippen LogP contribution in [0.25, 0.3) is 0 Å². The molecule has 0 heterocycles. The molecule has 0 amide bonds. The molecule has 108 valence electrons. The van der Waals surface area contributed by atoms with Crippen LogP contribution in [0.1, 0.15) is 25.3 Å². The van der Waals surface area contributed by atoms with Gasteiger partial charge in [-0.05, 0) is 31.0 Å². The minimum absolute atomic E-state index is 0.114. The van der Waals surface area contributed by atoms with E-state index in [9.17, 15) is 4.79 Å². The van der Waals surface area contributed by atoms with Gasteiger partial charge in [-0.3, -0.25) is 4.79 Å². The minimum atomic E-state index is -0.695. The molecule has 1 aromatic rings. The lowest BCUT2D eigenvalue weighted by molar-refractivity contribution is -0.120. The van der Waals surface area contributed by atoms with E-state index >= 15 is 0 Å². The molecule has 0 saturated carbocycles. The number of hydrogen-bond acceptors (Lipinski definition) is 4. The normalized spacial score (nSPS) is 22.9. The minimum Gasteiger partial charge on any atom is -0.497 e. The van der Waals surface area contributed by atoms with Gasteiger partial charge >= 0.3 is 0 Å². The van der Waals surface area contributed by atoms with Gasteiger partial charge in [-0.2, -0.15) is 0 Å². The van der Waals surface area contributed by atoms with Crippen LogP contribution in [-0.4, -0.2) is 27.1 Å². The maximum atomic E-state index is 11.9. The third-order valence-electron chi connectivity index (χ3n) is 3.94. The Balaban J connectivity index is 2.54. The second-order valence-electron chi connectivity index (χ2n) is 4.84. The standard InChI is InChI=1S/C16H20O4/c1-11-14(17)9-10-16(20-4,15(11)19-3)12-5-7-13(18-2)8-6-12/h5-8H,9-10H2,1-4H3. The van der Waals surface area contributed by atoms with Gasteiger partial charge in [0.15, 0.2) is 11.4 Å². The van der Waals surface area contributed by atoms with Gasteiger partial charge in [0.1, 0.15) is 11.5 Å². The highest BCUT2D eigenvalue weighted by Gasteiger charge is 2.43. The first kappa shape index (κ1) is 14.6. The number of carbonyl (C=O) groups is 1. The highest BCUT2D eigenvalue weighted by Crippen LogP contribution is 2.43. The zero-order valence-corrected chi connectivity index (χ0v) is 12.4. The van der Waals surface area contributed by atoms with Crippen LogP contribution in [0.2, 0.25) is 0 Å². The van der Waals surface area contributed by atoms with Crippen LogP contribution >= 0.6 is 0 Å². The summed E-state index contributed by atoms with van der Waals surface area (Å²) < 4.78 is 16.5. The van der Waals surface area contributed by atoms with Crippen molar-refractivity contribution >= 4 is 5.78 Å². The number of carbonyl (C=O) groups excluding carboxylic acids is 1. The summed E-state index contributed by atoms with van der Waals surface area (Å²) in [5, 5.41) is 0. The van der Waals surface area contributed by atoms with Gasteiger partial charge in [-0.25, -0.2) is 0 Å². The first-order valence-electron chi connectivity index (χ1n) is 6.57. The number of allylic oxidation sites excluding steroid dienone is 1. The summed E-state index contributed by atoms with van der Waals surface area (Å²) in [6.45, 7) is 1.79. The van der Waals surface area contributed by atoms with E-state index in [-0.39, 0.29) is 5.78 Å². The molecule has 2 rings (SSSR count). The fraction of sp³-hybridized carbons (Fsp3) is 0.438. The number of rotatable bonds is 4. The quantitative estimate of drug-likeness (QED) is 0.848. The molecule has 0 fully saturated rings. The lowest BCUT2D eigenvalue weighted by Gasteiger charge is -2.38. The van der Waals surface area contributed by atoms with E-state index in [4.69, 9.17) is 14.2 Å². The molecule has 20 heavy (non-hydrogen) atoms. The van der Waals surface area contributed by atoms with Crippen LogP contribution in [0.3, 0.4) is 0 Å². The fourth-order valence-corrected chi connectivity index (χ4v) is 2.79.